The minimum Gasteiger partial charge on any atom is -0.505 e. The Morgan fingerprint density at radius 3 is 2.62 bits per heavy atom. The molecule has 6 heteroatoms. The van der Waals surface area contributed by atoms with Crippen LogP contribution in [0, 0.1) is 0 Å². The Balaban J connectivity index is 1.85. The lowest BCUT2D eigenvalue weighted by Gasteiger charge is -2.20. The fourth-order valence-electron chi connectivity index (χ4n) is 2.69. The fourth-order valence-corrected chi connectivity index (χ4v) is 3.25. The van der Waals surface area contributed by atoms with Crippen LogP contribution in [0.2, 0.25) is 0 Å². The van der Waals surface area contributed by atoms with Crippen LogP contribution in [0.3, 0.4) is 0 Å². The Kier molecular flexibility index (Phi) is 3.80. The van der Waals surface area contributed by atoms with E-state index in [-0.39, 0.29) is 11.8 Å². The number of aromatic hydroxyl groups is 1. The molecule has 0 fully saturated rings. The summed E-state index contributed by atoms with van der Waals surface area (Å²) in [6.07, 6.45) is 6.91. The molecule has 0 unspecified atom stereocenters. The van der Waals surface area contributed by atoms with Crippen LogP contribution in [0.25, 0.3) is 10.9 Å². The monoisotopic (exact) mass is 334 g/mol. The summed E-state index contributed by atoms with van der Waals surface area (Å²) in [5.74, 6) is 0.180. The molecule has 0 saturated carbocycles. The molecule has 2 N–H and O–H groups in total. The molecule has 0 saturated heterocycles. The van der Waals surface area contributed by atoms with Gasteiger partial charge in [-0.1, -0.05) is 18.2 Å². The summed E-state index contributed by atoms with van der Waals surface area (Å²) >= 11 is 1.51. The first-order chi connectivity index (χ1) is 11.8. The van der Waals surface area contributed by atoms with Gasteiger partial charge in [-0.2, -0.15) is 0 Å². The molecule has 24 heavy (non-hydrogen) atoms. The molecule has 0 spiro atoms. The summed E-state index contributed by atoms with van der Waals surface area (Å²) in [6, 6.07) is 11.3. The summed E-state index contributed by atoms with van der Waals surface area (Å²) in [4.78, 5) is 12.7. The van der Waals surface area contributed by atoms with Gasteiger partial charge in [-0.25, -0.2) is 4.98 Å². The van der Waals surface area contributed by atoms with E-state index >= 15 is 0 Å². The Morgan fingerprint density at radius 1 is 0.958 bits per heavy atom. The standard InChI is InChI=1S/C18H14N4OS/c23-17-14(4-3-12-2-1-7-20-16(12)17)15(13-5-8-19-9-6-13)22-18-21-10-11-24-18/h1-11,15,23H,(H,21,22)/t15-/m0/s1. The van der Waals surface area contributed by atoms with Gasteiger partial charge in [-0.3, -0.25) is 9.97 Å². The van der Waals surface area contributed by atoms with Gasteiger partial charge in [0.25, 0.3) is 0 Å². The van der Waals surface area contributed by atoms with Crippen molar-refractivity contribution >= 4 is 27.4 Å². The van der Waals surface area contributed by atoms with E-state index in [1.807, 2.05) is 41.8 Å². The predicted molar refractivity (Wildman–Crippen MR) is 95.2 cm³/mol. The van der Waals surface area contributed by atoms with Crippen LogP contribution >= 0.6 is 11.3 Å². The molecular weight excluding hydrogens is 320 g/mol. The Bertz CT molecular complexity index is 957. The molecule has 3 heterocycles. The van der Waals surface area contributed by atoms with E-state index < -0.39 is 0 Å². The zero-order valence-electron chi connectivity index (χ0n) is 12.6. The first-order valence-electron chi connectivity index (χ1n) is 7.45. The lowest BCUT2D eigenvalue weighted by molar-refractivity contribution is 0.471. The van der Waals surface area contributed by atoms with Crippen molar-refractivity contribution in [1.29, 1.82) is 0 Å². The predicted octanol–water partition coefficient (Wildman–Crippen LogP) is 3.99. The largest absolute Gasteiger partial charge is 0.505 e. The number of pyridine rings is 2. The summed E-state index contributed by atoms with van der Waals surface area (Å²) in [7, 11) is 0. The van der Waals surface area contributed by atoms with Crippen molar-refractivity contribution in [3.8, 4) is 5.75 Å². The van der Waals surface area contributed by atoms with Crippen LogP contribution < -0.4 is 5.32 Å². The molecule has 0 aliphatic heterocycles. The van der Waals surface area contributed by atoms with Crippen molar-refractivity contribution < 1.29 is 5.11 Å². The Hall–Kier alpha value is -2.99. The molecule has 0 aliphatic carbocycles. The molecule has 118 valence electrons. The molecule has 0 radical (unpaired) electrons. The van der Waals surface area contributed by atoms with Crippen LogP contribution in [0.15, 0.2) is 66.6 Å². The molecule has 1 aromatic carbocycles. The minimum atomic E-state index is -0.245. The normalized spacial score (nSPS) is 12.2. The SMILES string of the molecule is Oc1c([C@@H](Nc2nccs2)c2ccncc2)ccc2cccnc12. The van der Waals surface area contributed by atoms with Gasteiger partial charge in [-0.15, -0.1) is 11.3 Å². The van der Waals surface area contributed by atoms with Crippen molar-refractivity contribution in [3.05, 3.63) is 77.7 Å². The maximum Gasteiger partial charge on any atom is 0.183 e. The summed E-state index contributed by atoms with van der Waals surface area (Å²) in [5.41, 5.74) is 2.34. The molecule has 0 bridgehead atoms. The van der Waals surface area contributed by atoms with Gasteiger partial charge in [0, 0.05) is 41.1 Å². The van der Waals surface area contributed by atoms with Gasteiger partial charge in [0.05, 0.1) is 6.04 Å². The van der Waals surface area contributed by atoms with Gasteiger partial charge >= 0.3 is 0 Å². The molecule has 3 aromatic heterocycles. The molecule has 0 amide bonds. The van der Waals surface area contributed by atoms with E-state index in [9.17, 15) is 5.11 Å². The highest BCUT2D eigenvalue weighted by molar-refractivity contribution is 7.13. The fraction of sp³-hybridized carbons (Fsp3) is 0.0556. The maximum atomic E-state index is 10.8. The van der Waals surface area contributed by atoms with E-state index in [1.165, 1.54) is 11.3 Å². The lowest BCUT2D eigenvalue weighted by atomic mass is 9.97. The van der Waals surface area contributed by atoms with Crippen LogP contribution in [0.4, 0.5) is 5.13 Å². The first kappa shape index (κ1) is 14.6. The number of benzene rings is 1. The number of fused-ring (bicyclic) bond motifs is 1. The number of hydrogen-bond donors (Lipinski definition) is 2. The highest BCUT2D eigenvalue weighted by atomic mass is 32.1. The average molecular weight is 334 g/mol. The molecular formula is C18H14N4OS. The van der Waals surface area contributed by atoms with Crippen molar-refractivity contribution in [3.63, 3.8) is 0 Å². The Morgan fingerprint density at radius 2 is 1.83 bits per heavy atom. The van der Waals surface area contributed by atoms with E-state index in [0.29, 0.717) is 5.52 Å². The number of thiazole rings is 1. The maximum absolute atomic E-state index is 10.8. The van der Waals surface area contributed by atoms with Gasteiger partial charge in [0.15, 0.2) is 5.13 Å². The second-order valence-electron chi connectivity index (χ2n) is 5.27. The highest BCUT2D eigenvalue weighted by Crippen LogP contribution is 2.36. The third-order valence-corrected chi connectivity index (χ3v) is 4.53. The topological polar surface area (TPSA) is 70.9 Å². The highest BCUT2D eigenvalue weighted by Gasteiger charge is 2.20. The summed E-state index contributed by atoms with van der Waals surface area (Å²) in [5, 5.41) is 17.8. The van der Waals surface area contributed by atoms with Crippen molar-refractivity contribution in [2.45, 2.75) is 6.04 Å². The quantitative estimate of drug-likeness (QED) is 0.590. The number of rotatable bonds is 4. The molecule has 0 aliphatic rings. The van der Waals surface area contributed by atoms with Crippen molar-refractivity contribution in [1.82, 2.24) is 15.0 Å². The average Bonchev–Trinajstić information content (AvgIpc) is 3.15. The van der Waals surface area contributed by atoms with Crippen LogP contribution in [0.1, 0.15) is 17.2 Å². The second-order valence-corrected chi connectivity index (χ2v) is 6.17. The zero-order valence-corrected chi connectivity index (χ0v) is 13.4. The number of phenolic OH excluding ortho intramolecular Hbond substituents is 1. The Labute approximate surface area is 142 Å². The van der Waals surface area contributed by atoms with Gasteiger partial charge in [-0.05, 0) is 23.8 Å². The van der Waals surface area contributed by atoms with Crippen LogP contribution in [0.5, 0.6) is 5.75 Å². The molecule has 1 atom stereocenters. The lowest BCUT2D eigenvalue weighted by Crippen LogP contribution is -2.12. The van der Waals surface area contributed by atoms with E-state index in [1.54, 1.807) is 24.8 Å². The van der Waals surface area contributed by atoms with E-state index in [0.717, 1.165) is 21.6 Å². The smallest absolute Gasteiger partial charge is 0.183 e. The summed E-state index contributed by atoms with van der Waals surface area (Å²) < 4.78 is 0. The number of phenols is 1. The third kappa shape index (κ3) is 2.68. The van der Waals surface area contributed by atoms with Crippen LogP contribution in [-0.2, 0) is 0 Å². The summed E-state index contributed by atoms with van der Waals surface area (Å²) in [6.45, 7) is 0. The number of nitrogens with zero attached hydrogens (tertiary/aromatic N) is 3. The molecule has 4 aromatic rings. The van der Waals surface area contributed by atoms with Crippen LogP contribution in [-0.4, -0.2) is 20.1 Å². The third-order valence-electron chi connectivity index (χ3n) is 3.83. The van der Waals surface area contributed by atoms with Gasteiger partial charge < -0.3 is 10.4 Å². The van der Waals surface area contributed by atoms with Gasteiger partial charge in [0.2, 0.25) is 0 Å². The van der Waals surface area contributed by atoms with E-state index in [4.69, 9.17) is 0 Å². The number of anilines is 1. The molecule has 5 nitrogen and oxygen atoms in total. The number of aromatic nitrogens is 3. The van der Waals surface area contributed by atoms with E-state index in [2.05, 4.69) is 20.3 Å². The van der Waals surface area contributed by atoms with Crippen molar-refractivity contribution in [2.75, 3.05) is 5.32 Å². The number of nitrogens with one attached hydrogen (secondary N) is 1. The van der Waals surface area contributed by atoms with Crippen molar-refractivity contribution in [2.24, 2.45) is 0 Å². The second kappa shape index (κ2) is 6.25. The first-order valence-corrected chi connectivity index (χ1v) is 8.33. The number of hydrogen-bond acceptors (Lipinski definition) is 6. The van der Waals surface area contributed by atoms with Gasteiger partial charge in [0.1, 0.15) is 11.3 Å². The minimum absolute atomic E-state index is 0.180. The molecule has 4 rings (SSSR count). The zero-order chi connectivity index (χ0) is 16.4.